The maximum atomic E-state index is 2.47. The average molecular weight is 683 g/mol. The van der Waals surface area contributed by atoms with Crippen LogP contribution >= 0.6 is 0 Å². The molecule has 0 N–H and O–H groups in total. The molecule has 0 bridgehead atoms. The van der Waals surface area contributed by atoms with Crippen molar-refractivity contribution >= 4 is 64.6 Å². The third kappa shape index (κ3) is 4.71. The highest BCUT2D eigenvalue weighted by molar-refractivity contribution is 6.29. The Bertz CT molecular complexity index is 3190. The first-order valence-electron chi connectivity index (χ1n) is 18.8. The largest absolute Gasteiger partial charge is 0.0622 e. The van der Waals surface area contributed by atoms with Gasteiger partial charge in [-0.3, -0.25) is 0 Å². The molecule has 0 saturated heterocycles. The molecule has 0 amide bonds. The number of rotatable bonds is 4. The van der Waals surface area contributed by atoms with E-state index in [-0.39, 0.29) is 0 Å². The zero-order valence-electron chi connectivity index (χ0n) is 29.6. The number of benzene rings is 11. The first-order chi connectivity index (χ1) is 26.8. The van der Waals surface area contributed by atoms with Gasteiger partial charge in [-0.15, -0.1) is 0 Å². The summed E-state index contributed by atoms with van der Waals surface area (Å²) in [5, 5.41) is 15.2. The van der Waals surface area contributed by atoms with Gasteiger partial charge in [-0.25, -0.2) is 0 Å². The van der Waals surface area contributed by atoms with Crippen LogP contribution in [0.3, 0.4) is 0 Å². The second kappa shape index (κ2) is 12.3. The van der Waals surface area contributed by atoms with E-state index >= 15 is 0 Å². The topological polar surface area (TPSA) is 0 Å². The van der Waals surface area contributed by atoms with Crippen molar-refractivity contribution in [3.63, 3.8) is 0 Å². The lowest BCUT2D eigenvalue weighted by atomic mass is 9.81. The average Bonchev–Trinajstić information content (AvgIpc) is 3.24. The summed E-state index contributed by atoms with van der Waals surface area (Å²) in [5.74, 6) is 0. The Hall–Kier alpha value is -7.02. The molecular weight excluding hydrogens is 649 g/mol. The van der Waals surface area contributed by atoms with Gasteiger partial charge in [-0.05, 0) is 121 Å². The van der Waals surface area contributed by atoms with Crippen molar-refractivity contribution < 1.29 is 0 Å². The second-order valence-corrected chi connectivity index (χ2v) is 14.4. The smallest absolute Gasteiger partial charge is 0.00141 e. The minimum Gasteiger partial charge on any atom is -0.0622 e. The van der Waals surface area contributed by atoms with Crippen molar-refractivity contribution in [1.29, 1.82) is 0 Å². The van der Waals surface area contributed by atoms with Gasteiger partial charge in [0.15, 0.2) is 0 Å². The van der Waals surface area contributed by atoms with Gasteiger partial charge in [0, 0.05) is 0 Å². The number of fused-ring (bicyclic) bond motifs is 7. The third-order valence-electron chi connectivity index (χ3n) is 11.4. The number of hydrogen-bond acceptors (Lipinski definition) is 0. The van der Waals surface area contributed by atoms with E-state index in [2.05, 4.69) is 206 Å². The zero-order chi connectivity index (χ0) is 35.6. The Morgan fingerprint density at radius 3 is 1.22 bits per heavy atom. The summed E-state index contributed by atoms with van der Waals surface area (Å²) < 4.78 is 0. The van der Waals surface area contributed by atoms with Crippen LogP contribution in [0, 0.1) is 0 Å². The fourth-order valence-corrected chi connectivity index (χ4v) is 9.07. The van der Waals surface area contributed by atoms with Crippen molar-refractivity contribution in [3.8, 4) is 44.5 Å². The molecule has 0 aliphatic rings. The van der Waals surface area contributed by atoms with E-state index in [9.17, 15) is 0 Å². The molecule has 11 aromatic rings. The summed E-state index contributed by atoms with van der Waals surface area (Å²) in [6.45, 7) is 0. The van der Waals surface area contributed by atoms with Gasteiger partial charge >= 0.3 is 0 Å². The van der Waals surface area contributed by atoms with E-state index in [0.717, 1.165) is 0 Å². The molecule has 0 aliphatic heterocycles. The van der Waals surface area contributed by atoms with Crippen molar-refractivity contribution in [2.24, 2.45) is 0 Å². The fourth-order valence-electron chi connectivity index (χ4n) is 9.07. The lowest BCUT2D eigenvalue weighted by molar-refractivity contribution is 1.65. The van der Waals surface area contributed by atoms with Gasteiger partial charge in [0.25, 0.3) is 0 Å². The van der Waals surface area contributed by atoms with Crippen molar-refractivity contribution in [1.82, 2.24) is 0 Å². The molecule has 11 aromatic carbocycles. The third-order valence-corrected chi connectivity index (χ3v) is 11.4. The highest BCUT2D eigenvalue weighted by Gasteiger charge is 2.21. The normalized spacial score (nSPS) is 11.7. The quantitative estimate of drug-likeness (QED) is 0.128. The van der Waals surface area contributed by atoms with Gasteiger partial charge < -0.3 is 0 Å². The van der Waals surface area contributed by atoms with Crippen molar-refractivity contribution in [2.75, 3.05) is 0 Å². The van der Waals surface area contributed by atoms with Crippen LogP contribution in [-0.4, -0.2) is 0 Å². The maximum absolute atomic E-state index is 2.47. The highest BCUT2D eigenvalue weighted by atomic mass is 14.2. The van der Waals surface area contributed by atoms with E-state index in [1.54, 1.807) is 0 Å². The Labute approximate surface area is 314 Å². The van der Waals surface area contributed by atoms with Crippen LogP contribution in [0.25, 0.3) is 109 Å². The second-order valence-electron chi connectivity index (χ2n) is 14.4. The van der Waals surface area contributed by atoms with E-state index < -0.39 is 0 Å². The first kappa shape index (κ1) is 30.6. The molecule has 54 heavy (non-hydrogen) atoms. The van der Waals surface area contributed by atoms with Gasteiger partial charge in [-0.1, -0.05) is 194 Å². The standard InChI is InChI=1S/C54H34/c1-3-17-37(18-4-1)50-48-32-29-36-16-9-10-22-42(36)54(48)53(38-19-5-2-6-20-38)47-31-30-41(34-49(47)50)52-45-25-13-11-23-43(45)51(44-24-12-14-26-46(44)52)40-28-27-35-15-7-8-21-39(35)33-40/h1-34H. The Kier molecular flexibility index (Phi) is 6.97. The molecule has 0 unspecified atom stereocenters. The molecule has 0 fully saturated rings. The van der Waals surface area contributed by atoms with Crippen LogP contribution < -0.4 is 0 Å². The van der Waals surface area contributed by atoms with Crippen LogP contribution in [0.15, 0.2) is 206 Å². The highest BCUT2D eigenvalue weighted by Crippen LogP contribution is 2.49. The SMILES string of the molecule is c1ccc(-c2c3cc(-c4c5ccccc5c(-c5ccc6ccccc6c5)c5ccccc45)ccc3c(-c3ccccc3)c3c2ccc2ccccc23)cc1. The summed E-state index contributed by atoms with van der Waals surface area (Å²) in [6.07, 6.45) is 0. The van der Waals surface area contributed by atoms with Crippen molar-refractivity contribution in [2.45, 2.75) is 0 Å². The molecule has 0 spiro atoms. The molecule has 0 saturated carbocycles. The molecular formula is C54H34. The van der Waals surface area contributed by atoms with E-state index in [4.69, 9.17) is 0 Å². The molecule has 0 radical (unpaired) electrons. The van der Waals surface area contributed by atoms with Crippen LogP contribution in [0.1, 0.15) is 0 Å². The summed E-state index contributed by atoms with van der Waals surface area (Å²) in [4.78, 5) is 0. The molecule has 0 heterocycles. The number of hydrogen-bond donors (Lipinski definition) is 0. The lowest BCUT2D eigenvalue weighted by Gasteiger charge is -2.21. The fraction of sp³-hybridized carbons (Fsp3) is 0. The van der Waals surface area contributed by atoms with E-state index in [0.29, 0.717) is 0 Å². The van der Waals surface area contributed by atoms with Crippen LogP contribution in [0.4, 0.5) is 0 Å². The Morgan fingerprint density at radius 2 is 0.593 bits per heavy atom. The minimum atomic E-state index is 1.22. The van der Waals surface area contributed by atoms with Crippen LogP contribution in [-0.2, 0) is 0 Å². The van der Waals surface area contributed by atoms with Gasteiger partial charge in [0.1, 0.15) is 0 Å². The van der Waals surface area contributed by atoms with E-state index in [1.807, 2.05) is 0 Å². The maximum Gasteiger partial charge on any atom is -0.00141 e. The first-order valence-corrected chi connectivity index (χ1v) is 18.8. The monoisotopic (exact) mass is 682 g/mol. The van der Waals surface area contributed by atoms with Crippen LogP contribution in [0.5, 0.6) is 0 Å². The van der Waals surface area contributed by atoms with Crippen molar-refractivity contribution in [3.05, 3.63) is 206 Å². The zero-order valence-corrected chi connectivity index (χ0v) is 29.6. The lowest BCUT2D eigenvalue weighted by Crippen LogP contribution is -1.94. The Balaban J connectivity index is 1.28. The predicted molar refractivity (Wildman–Crippen MR) is 233 cm³/mol. The molecule has 250 valence electrons. The molecule has 11 rings (SSSR count). The summed E-state index contributed by atoms with van der Waals surface area (Å²) >= 11 is 0. The van der Waals surface area contributed by atoms with Crippen LogP contribution in [0.2, 0.25) is 0 Å². The van der Waals surface area contributed by atoms with E-state index in [1.165, 1.54) is 109 Å². The molecule has 0 aliphatic carbocycles. The molecule has 0 nitrogen and oxygen atoms in total. The Morgan fingerprint density at radius 1 is 0.185 bits per heavy atom. The summed E-state index contributed by atoms with van der Waals surface area (Å²) in [7, 11) is 0. The summed E-state index contributed by atoms with van der Waals surface area (Å²) in [6, 6.07) is 76.1. The van der Waals surface area contributed by atoms with Gasteiger partial charge in [-0.2, -0.15) is 0 Å². The van der Waals surface area contributed by atoms with Gasteiger partial charge in [0.05, 0.1) is 0 Å². The predicted octanol–water partition coefficient (Wildman–Crippen LogP) is 15.3. The molecule has 0 heteroatoms. The molecule has 0 aromatic heterocycles. The van der Waals surface area contributed by atoms with Gasteiger partial charge in [0.2, 0.25) is 0 Å². The molecule has 0 atom stereocenters. The minimum absolute atomic E-state index is 1.22. The summed E-state index contributed by atoms with van der Waals surface area (Å²) in [5.41, 5.74) is 10.0.